The fourth-order valence-corrected chi connectivity index (χ4v) is 4.57. The first-order valence-corrected chi connectivity index (χ1v) is 12.1. The van der Waals surface area contributed by atoms with Crippen molar-refractivity contribution in [3.8, 4) is 0 Å². The van der Waals surface area contributed by atoms with Crippen LogP contribution in [-0.2, 0) is 13.0 Å². The highest BCUT2D eigenvalue weighted by Gasteiger charge is 2.22. The summed E-state index contributed by atoms with van der Waals surface area (Å²) in [6.07, 6.45) is 5.81. The molecule has 35 heavy (non-hydrogen) atoms. The standard InChI is InChI=1S/C24H29FN8O2/c1-2-17-23(34)29-22-18(28-17)6-5-16(21(22)25)15-31-9-11-32(12-10-31)20-14-26-19(13-27-20)24(35)30-33-7-3-4-8-33/h5-6,13-14H,2-4,7-12,15H2,1H3,(H,29,34)(H,30,35). The number of anilines is 1. The molecule has 3 aromatic rings. The van der Waals surface area contributed by atoms with Gasteiger partial charge in [-0.15, -0.1) is 0 Å². The third-order valence-corrected chi connectivity index (χ3v) is 6.62. The summed E-state index contributed by atoms with van der Waals surface area (Å²) < 4.78 is 15.1. The molecule has 0 spiro atoms. The van der Waals surface area contributed by atoms with Crippen LogP contribution in [0.1, 0.15) is 41.5 Å². The van der Waals surface area contributed by atoms with Crippen molar-refractivity contribution in [3.63, 3.8) is 0 Å². The number of carbonyl (C=O) groups excluding carboxylic acids is 1. The number of fused-ring (bicyclic) bond motifs is 1. The molecule has 0 unspecified atom stereocenters. The zero-order chi connectivity index (χ0) is 24.4. The van der Waals surface area contributed by atoms with Crippen molar-refractivity contribution in [3.05, 3.63) is 57.6 Å². The van der Waals surface area contributed by atoms with Crippen LogP contribution in [-0.4, -0.2) is 75.0 Å². The molecule has 0 radical (unpaired) electrons. The van der Waals surface area contributed by atoms with Crippen LogP contribution in [0.3, 0.4) is 0 Å². The molecule has 184 valence electrons. The molecule has 1 amide bonds. The van der Waals surface area contributed by atoms with Gasteiger partial charge in [0, 0.05) is 51.4 Å². The van der Waals surface area contributed by atoms with E-state index in [-0.39, 0.29) is 17.0 Å². The van der Waals surface area contributed by atoms with Crippen molar-refractivity contribution in [1.29, 1.82) is 0 Å². The van der Waals surface area contributed by atoms with Crippen LogP contribution in [0.5, 0.6) is 0 Å². The van der Waals surface area contributed by atoms with Gasteiger partial charge in [-0.25, -0.2) is 24.4 Å². The van der Waals surface area contributed by atoms with Gasteiger partial charge in [0.2, 0.25) is 0 Å². The molecule has 0 atom stereocenters. The van der Waals surface area contributed by atoms with Crippen LogP contribution < -0.4 is 15.9 Å². The predicted octanol–water partition coefficient (Wildman–Crippen LogP) is 1.48. The number of aromatic nitrogens is 4. The normalized spacial score (nSPS) is 17.3. The summed E-state index contributed by atoms with van der Waals surface area (Å²) in [7, 11) is 0. The Morgan fingerprint density at radius 3 is 2.54 bits per heavy atom. The number of H-pyrrole nitrogens is 1. The lowest BCUT2D eigenvalue weighted by Crippen LogP contribution is -2.46. The Bertz CT molecular complexity index is 1260. The molecule has 11 heteroatoms. The fraction of sp³-hybridized carbons (Fsp3) is 0.458. The van der Waals surface area contributed by atoms with Crippen molar-refractivity contribution in [2.24, 2.45) is 0 Å². The van der Waals surface area contributed by atoms with Gasteiger partial charge in [-0.3, -0.25) is 19.9 Å². The minimum atomic E-state index is -0.425. The first-order chi connectivity index (χ1) is 17.0. The lowest BCUT2D eigenvalue weighted by molar-refractivity contribution is 0.0820. The first kappa shape index (κ1) is 23.3. The minimum absolute atomic E-state index is 0.160. The third kappa shape index (κ3) is 5.01. The highest BCUT2D eigenvalue weighted by Crippen LogP contribution is 2.20. The van der Waals surface area contributed by atoms with E-state index in [1.807, 2.05) is 11.9 Å². The summed E-state index contributed by atoms with van der Waals surface area (Å²) in [6, 6.07) is 3.50. The van der Waals surface area contributed by atoms with E-state index < -0.39 is 5.82 Å². The van der Waals surface area contributed by atoms with Gasteiger partial charge in [-0.1, -0.05) is 13.0 Å². The zero-order valence-corrected chi connectivity index (χ0v) is 19.8. The molecule has 0 aliphatic carbocycles. The van der Waals surface area contributed by atoms with Crippen LogP contribution in [0.2, 0.25) is 0 Å². The summed E-state index contributed by atoms with van der Waals surface area (Å²) in [6.45, 7) is 6.87. The summed E-state index contributed by atoms with van der Waals surface area (Å²) in [5.41, 5.74) is 4.38. The van der Waals surface area contributed by atoms with E-state index in [1.54, 1.807) is 18.3 Å². The number of benzene rings is 1. The van der Waals surface area contributed by atoms with Crippen molar-refractivity contribution in [1.82, 2.24) is 35.3 Å². The monoisotopic (exact) mass is 480 g/mol. The molecule has 2 N–H and O–H groups in total. The molecule has 1 aromatic carbocycles. The van der Waals surface area contributed by atoms with Gasteiger partial charge in [-0.2, -0.15) is 0 Å². The van der Waals surface area contributed by atoms with Gasteiger partial charge in [0.25, 0.3) is 11.5 Å². The van der Waals surface area contributed by atoms with E-state index in [1.165, 1.54) is 6.20 Å². The Kier molecular flexibility index (Phi) is 6.69. The third-order valence-electron chi connectivity index (χ3n) is 6.62. The molecule has 0 saturated carbocycles. The number of carbonyl (C=O) groups is 1. The second kappa shape index (κ2) is 10.0. The molecule has 5 rings (SSSR count). The summed E-state index contributed by atoms with van der Waals surface area (Å²) in [5.74, 6) is 0.0520. The number of aryl methyl sites for hydroxylation is 1. The summed E-state index contributed by atoms with van der Waals surface area (Å²) >= 11 is 0. The smallest absolute Gasteiger partial charge is 0.285 e. The summed E-state index contributed by atoms with van der Waals surface area (Å²) in [4.78, 5) is 44.4. The molecule has 2 fully saturated rings. The topological polar surface area (TPSA) is 110 Å². The quantitative estimate of drug-likeness (QED) is 0.546. The Morgan fingerprint density at radius 2 is 1.86 bits per heavy atom. The SMILES string of the molecule is CCc1nc2ccc(CN3CCN(c4cnc(C(=O)NN5CCCC5)cn4)CC3)c(F)c2[nH]c1=O. The first-order valence-electron chi connectivity index (χ1n) is 12.1. The predicted molar refractivity (Wildman–Crippen MR) is 129 cm³/mol. The molecular formula is C24H29FN8O2. The van der Waals surface area contributed by atoms with E-state index in [9.17, 15) is 9.59 Å². The van der Waals surface area contributed by atoms with Gasteiger partial charge < -0.3 is 9.88 Å². The van der Waals surface area contributed by atoms with Crippen LogP contribution in [0, 0.1) is 5.82 Å². The largest absolute Gasteiger partial charge is 0.353 e. The average molecular weight is 481 g/mol. The molecule has 2 aliphatic rings. The van der Waals surface area contributed by atoms with Gasteiger partial charge >= 0.3 is 0 Å². The molecule has 2 saturated heterocycles. The molecule has 2 aliphatic heterocycles. The molecule has 4 heterocycles. The van der Waals surface area contributed by atoms with Gasteiger partial charge in [0.15, 0.2) is 5.82 Å². The lowest BCUT2D eigenvalue weighted by atomic mass is 10.1. The van der Waals surface area contributed by atoms with Crippen molar-refractivity contribution in [2.75, 3.05) is 44.2 Å². The van der Waals surface area contributed by atoms with Crippen LogP contribution in [0.4, 0.5) is 10.2 Å². The second-order valence-corrected chi connectivity index (χ2v) is 8.96. The van der Waals surface area contributed by atoms with Gasteiger partial charge in [0.1, 0.15) is 22.7 Å². The number of aromatic amines is 1. The zero-order valence-electron chi connectivity index (χ0n) is 19.8. The minimum Gasteiger partial charge on any atom is -0.353 e. The fourth-order valence-electron chi connectivity index (χ4n) is 4.57. The van der Waals surface area contributed by atoms with E-state index in [4.69, 9.17) is 0 Å². The highest BCUT2D eigenvalue weighted by molar-refractivity contribution is 5.91. The highest BCUT2D eigenvalue weighted by atomic mass is 19.1. The van der Waals surface area contributed by atoms with Crippen molar-refractivity contribution >= 4 is 22.8 Å². The number of nitrogens with zero attached hydrogens (tertiary/aromatic N) is 6. The Morgan fingerprint density at radius 1 is 1.09 bits per heavy atom. The Labute approximate surface area is 202 Å². The van der Waals surface area contributed by atoms with Crippen LogP contribution in [0.25, 0.3) is 11.0 Å². The number of rotatable bonds is 6. The Balaban J connectivity index is 1.19. The maximum atomic E-state index is 15.1. The average Bonchev–Trinajstić information content (AvgIpc) is 3.39. The van der Waals surface area contributed by atoms with Crippen LogP contribution in [0.15, 0.2) is 29.3 Å². The number of hydrogen-bond donors (Lipinski definition) is 2. The number of piperazine rings is 1. The number of halogens is 1. The van der Waals surface area contributed by atoms with Gasteiger partial charge in [-0.05, 0) is 25.3 Å². The lowest BCUT2D eigenvalue weighted by Gasteiger charge is -2.35. The van der Waals surface area contributed by atoms with Crippen molar-refractivity contribution < 1.29 is 9.18 Å². The second-order valence-electron chi connectivity index (χ2n) is 8.96. The van der Waals surface area contributed by atoms with E-state index in [2.05, 4.69) is 35.2 Å². The number of nitrogens with one attached hydrogen (secondary N) is 2. The number of hydrogen-bond acceptors (Lipinski definition) is 8. The molecule has 10 nitrogen and oxygen atoms in total. The Hall–Kier alpha value is -3.44. The van der Waals surface area contributed by atoms with E-state index >= 15 is 4.39 Å². The van der Waals surface area contributed by atoms with E-state index in [0.29, 0.717) is 48.5 Å². The van der Waals surface area contributed by atoms with Crippen molar-refractivity contribution in [2.45, 2.75) is 32.7 Å². The maximum absolute atomic E-state index is 15.1. The number of amides is 1. The van der Waals surface area contributed by atoms with Gasteiger partial charge in [0.05, 0.1) is 17.9 Å². The maximum Gasteiger partial charge on any atom is 0.285 e. The molecule has 2 aromatic heterocycles. The number of hydrazine groups is 1. The molecular weight excluding hydrogens is 451 g/mol. The van der Waals surface area contributed by atoms with Crippen LogP contribution >= 0.6 is 0 Å². The van der Waals surface area contributed by atoms with E-state index in [0.717, 1.165) is 44.8 Å². The summed E-state index contributed by atoms with van der Waals surface area (Å²) in [5, 5.41) is 1.91. The molecule has 0 bridgehead atoms.